The molecule has 2 aliphatic rings. The zero-order valence-electron chi connectivity index (χ0n) is 11.2. The topological polar surface area (TPSA) is 40.5 Å². The molecule has 108 valence electrons. The van der Waals surface area contributed by atoms with Gasteiger partial charge in [0.05, 0.1) is 5.92 Å². The largest absolute Gasteiger partial charge is 0.481 e. The van der Waals surface area contributed by atoms with Crippen molar-refractivity contribution in [3.8, 4) is 0 Å². The van der Waals surface area contributed by atoms with Crippen molar-refractivity contribution in [2.75, 3.05) is 0 Å². The van der Waals surface area contributed by atoms with Crippen molar-refractivity contribution in [3.63, 3.8) is 0 Å². The maximum absolute atomic E-state index is 13.9. The van der Waals surface area contributed by atoms with Gasteiger partial charge < -0.3 is 5.11 Å². The summed E-state index contributed by atoms with van der Waals surface area (Å²) in [7, 11) is 0. The maximum atomic E-state index is 13.9. The molecule has 1 N–H and O–H groups in total. The van der Waals surface area contributed by atoms with Crippen LogP contribution in [0, 0.1) is 17.6 Å². The molecule has 4 unspecified atom stereocenters. The lowest BCUT2D eigenvalue weighted by molar-refractivity contribution is -0.142. The predicted octanol–water partition coefficient (Wildman–Crippen LogP) is 2.96. The van der Waals surface area contributed by atoms with Crippen molar-refractivity contribution in [2.24, 2.45) is 5.92 Å². The summed E-state index contributed by atoms with van der Waals surface area (Å²) in [6.45, 7) is 1.83. The minimum atomic E-state index is -0.851. The van der Waals surface area contributed by atoms with Crippen LogP contribution in [0.3, 0.4) is 0 Å². The minimum Gasteiger partial charge on any atom is -0.481 e. The van der Waals surface area contributed by atoms with Gasteiger partial charge in [0.25, 0.3) is 0 Å². The van der Waals surface area contributed by atoms with Gasteiger partial charge in [0.15, 0.2) is 11.6 Å². The molecule has 0 aliphatic carbocycles. The third-order valence-electron chi connectivity index (χ3n) is 4.79. The van der Waals surface area contributed by atoms with Gasteiger partial charge >= 0.3 is 5.97 Å². The Morgan fingerprint density at radius 1 is 1.40 bits per heavy atom. The van der Waals surface area contributed by atoms with E-state index in [2.05, 4.69) is 4.90 Å². The monoisotopic (exact) mass is 281 g/mol. The normalized spacial score (nSPS) is 30.6. The molecule has 0 radical (unpaired) electrons. The maximum Gasteiger partial charge on any atom is 0.308 e. The first-order chi connectivity index (χ1) is 9.50. The smallest absolute Gasteiger partial charge is 0.308 e. The molecule has 3 nitrogen and oxygen atoms in total. The number of benzene rings is 1. The summed E-state index contributed by atoms with van der Waals surface area (Å²) in [5.74, 6) is -2.84. The van der Waals surface area contributed by atoms with E-state index in [4.69, 9.17) is 0 Å². The molecule has 2 bridgehead atoms. The van der Waals surface area contributed by atoms with Crippen LogP contribution in [0.1, 0.15) is 37.8 Å². The SMILES string of the molecule is CC(c1cccc(F)c1F)N1C2CCC1C(C(=O)O)C2. The van der Waals surface area contributed by atoms with Crippen molar-refractivity contribution in [3.05, 3.63) is 35.4 Å². The molecule has 1 aromatic carbocycles. The molecular formula is C15H17F2NO2. The second kappa shape index (κ2) is 4.81. The highest BCUT2D eigenvalue weighted by atomic mass is 19.2. The highest BCUT2D eigenvalue weighted by Gasteiger charge is 2.51. The van der Waals surface area contributed by atoms with Gasteiger partial charge in [-0.05, 0) is 32.3 Å². The first-order valence-corrected chi connectivity index (χ1v) is 6.95. The van der Waals surface area contributed by atoms with Gasteiger partial charge in [0, 0.05) is 23.7 Å². The molecule has 2 saturated heterocycles. The minimum absolute atomic E-state index is 0.0600. The van der Waals surface area contributed by atoms with E-state index >= 15 is 0 Å². The number of carboxylic acids is 1. The van der Waals surface area contributed by atoms with E-state index in [1.54, 1.807) is 6.07 Å². The van der Waals surface area contributed by atoms with E-state index in [0.717, 1.165) is 18.9 Å². The molecule has 5 heteroatoms. The molecule has 2 fully saturated rings. The predicted molar refractivity (Wildman–Crippen MR) is 69.2 cm³/mol. The van der Waals surface area contributed by atoms with Crippen molar-refractivity contribution < 1.29 is 18.7 Å². The Bertz CT molecular complexity index is 549. The third-order valence-corrected chi connectivity index (χ3v) is 4.79. The molecule has 0 aromatic heterocycles. The van der Waals surface area contributed by atoms with Crippen molar-refractivity contribution in [1.29, 1.82) is 0 Å². The quantitative estimate of drug-likeness (QED) is 0.926. The molecule has 2 aliphatic heterocycles. The Morgan fingerprint density at radius 2 is 2.15 bits per heavy atom. The van der Waals surface area contributed by atoms with Gasteiger partial charge in [-0.1, -0.05) is 12.1 Å². The Kier molecular flexibility index (Phi) is 3.24. The van der Waals surface area contributed by atoms with E-state index in [9.17, 15) is 18.7 Å². The van der Waals surface area contributed by atoms with Gasteiger partial charge in [0.2, 0.25) is 0 Å². The van der Waals surface area contributed by atoms with Crippen LogP contribution in [0.25, 0.3) is 0 Å². The lowest BCUT2D eigenvalue weighted by atomic mass is 9.89. The van der Waals surface area contributed by atoms with Crippen LogP contribution in [0.2, 0.25) is 0 Å². The number of fused-ring (bicyclic) bond motifs is 2. The summed E-state index contributed by atoms with van der Waals surface area (Å²) in [6, 6.07) is 3.99. The number of hydrogen-bond donors (Lipinski definition) is 1. The molecule has 1 aromatic rings. The second-order valence-electron chi connectivity index (χ2n) is 5.75. The van der Waals surface area contributed by atoms with Crippen molar-refractivity contribution >= 4 is 5.97 Å². The zero-order valence-corrected chi connectivity index (χ0v) is 11.2. The molecule has 3 rings (SSSR count). The lowest BCUT2D eigenvalue weighted by Gasteiger charge is -2.30. The van der Waals surface area contributed by atoms with Gasteiger partial charge in [-0.25, -0.2) is 8.78 Å². The number of nitrogens with zero attached hydrogens (tertiary/aromatic N) is 1. The summed E-state index contributed by atoms with van der Waals surface area (Å²) in [5, 5.41) is 9.24. The van der Waals surface area contributed by atoms with E-state index < -0.39 is 17.6 Å². The summed E-state index contributed by atoms with van der Waals surface area (Å²) < 4.78 is 27.3. The van der Waals surface area contributed by atoms with Crippen LogP contribution in [0.5, 0.6) is 0 Å². The number of aliphatic carboxylic acids is 1. The molecule has 0 amide bonds. The van der Waals surface area contributed by atoms with Crippen molar-refractivity contribution in [1.82, 2.24) is 4.90 Å². The molecule has 4 atom stereocenters. The summed E-state index contributed by atoms with van der Waals surface area (Å²) >= 11 is 0. The average molecular weight is 281 g/mol. The first kappa shape index (κ1) is 13.5. The van der Waals surface area contributed by atoms with Gasteiger partial charge in [0.1, 0.15) is 0 Å². The number of halogens is 2. The molecule has 2 heterocycles. The van der Waals surface area contributed by atoms with Crippen LogP contribution in [-0.4, -0.2) is 28.1 Å². The Labute approximate surface area is 116 Å². The Balaban J connectivity index is 1.90. The van der Waals surface area contributed by atoms with Crippen LogP contribution < -0.4 is 0 Å². The van der Waals surface area contributed by atoms with Gasteiger partial charge in [-0.3, -0.25) is 9.69 Å². The second-order valence-corrected chi connectivity index (χ2v) is 5.75. The lowest BCUT2D eigenvalue weighted by Crippen LogP contribution is -2.35. The Hall–Kier alpha value is -1.49. The summed E-state index contributed by atoms with van der Waals surface area (Å²) in [5.41, 5.74) is 0.313. The number of rotatable bonds is 3. The molecule has 0 saturated carbocycles. The number of carbonyl (C=O) groups is 1. The highest BCUT2D eigenvalue weighted by molar-refractivity contribution is 5.71. The summed E-state index contributed by atoms with van der Waals surface area (Å²) in [6.07, 6.45) is 2.37. The fraction of sp³-hybridized carbons (Fsp3) is 0.533. The van der Waals surface area contributed by atoms with E-state index in [1.807, 2.05) is 6.92 Å². The standard InChI is InChI=1S/C15H17F2NO2/c1-8(10-3-2-4-12(16)14(10)17)18-9-5-6-13(18)11(7-9)15(19)20/h2-4,8-9,11,13H,5-7H2,1H3,(H,19,20). The van der Waals surface area contributed by atoms with Crippen LogP contribution in [-0.2, 0) is 4.79 Å². The molecular weight excluding hydrogens is 264 g/mol. The van der Waals surface area contributed by atoms with E-state index in [0.29, 0.717) is 12.0 Å². The molecule has 0 spiro atoms. The average Bonchev–Trinajstić information content (AvgIpc) is 2.98. The van der Waals surface area contributed by atoms with Crippen LogP contribution in [0.4, 0.5) is 8.78 Å². The van der Waals surface area contributed by atoms with Gasteiger partial charge in [-0.15, -0.1) is 0 Å². The Morgan fingerprint density at radius 3 is 2.80 bits per heavy atom. The highest BCUT2D eigenvalue weighted by Crippen LogP contribution is 2.46. The third kappa shape index (κ3) is 1.92. The first-order valence-electron chi connectivity index (χ1n) is 6.95. The zero-order chi connectivity index (χ0) is 14.4. The van der Waals surface area contributed by atoms with E-state index in [1.165, 1.54) is 6.07 Å². The summed E-state index contributed by atoms with van der Waals surface area (Å²) in [4.78, 5) is 13.3. The fourth-order valence-corrected chi connectivity index (χ4v) is 3.90. The van der Waals surface area contributed by atoms with Crippen molar-refractivity contribution in [2.45, 2.75) is 44.3 Å². The van der Waals surface area contributed by atoms with Crippen LogP contribution >= 0.6 is 0 Å². The fourth-order valence-electron chi connectivity index (χ4n) is 3.90. The number of carboxylic acid groups (broad SMARTS) is 1. The number of hydrogen-bond acceptors (Lipinski definition) is 2. The van der Waals surface area contributed by atoms with Crippen LogP contribution in [0.15, 0.2) is 18.2 Å². The van der Waals surface area contributed by atoms with E-state index in [-0.39, 0.29) is 24.0 Å². The molecule has 20 heavy (non-hydrogen) atoms. The van der Waals surface area contributed by atoms with Gasteiger partial charge in [-0.2, -0.15) is 0 Å².